The first-order valence-corrected chi connectivity index (χ1v) is 10.3. The number of pyridine rings is 2. The highest BCUT2D eigenvalue weighted by Crippen LogP contribution is 2.37. The van der Waals surface area contributed by atoms with Crippen molar-refractivity contribution < 1.29 is 18.0 Å². The Hall–Kier alpha value is -3.28. The molecule has 0 spiro atoms. The molecule has 0 unspecified atom stereocenters. The van der Waals surface area contributed by atoms with Crippen LogP contribution in [0.25, 0.3) is 0 Å². The van der Waals surface area contributed by atoms with Gasteiger partial charge in [-0.15, -0.1) is 0 Å². The van der Waals surface area contributed by atoms with Gasteiger partial charge in [-0.1, -0.05) is 0 Å². The number of carbonyl (C=O) groups is 1. The molecule has 12 heteroatoms. The topological polar surface area (TPSA) is 102 Å². The van der Waals surface area contributed by atoms with E-state index in [9.17, 15) is 18.0 Å². The fourth-order valence-corrected chi connectivity index (χ4v) is 3.78. The Kier molecular flexibility index (Phi) is 6.09. The largest absolute Gasteiger partial charge is 0.417 e. The Labute approximate surface area is 194 Å². The van der Waals surface area contributed by atoms with Gasteiger partial charge in [0.2, 0.25) is 0 Å². The van der Waals surface area contributed by atoms with E-state index in [1.54, 1.807) is 12.3 Å². The molecule has 0 aromatic carbocycles. The maximum Gasteiger partial charge on any atom is 0.417 e. The Bertz CT molecular complexity index is 1150. The van der Waals surface area contributed by atoms with E-state index in [0.29, 0.717) is 18.7 Å². The molecule has 0 atom stereocenters. The molecule has 1 aliphatic heterocycles. The summed E-state index contributed by atoms with van der Waals surface area (Å²) >= 11 is 5.09. The number of hydrogen-bond donors (Lipinski definition) is 2. The van der Waals surface area contributed by atoms with Gasteiger partial charge in [-0.3, -0.25) is 20.1 Å². The van der Waals surface area contributed by atoms with Crippen molar-refractivity contribution in [2.45, 2.75) is 32.0 Å². The SMILES string of the molecule is CN(C)C(=O)c1cc(C(F)(F)F)cnc1N(C(=N)c1cc2c(cn1)N(C)C(C)(C)C2)C(N)=S. The Balaban J connectivity index is 2.12. The van der Waals surface area contributed by atoms with Gasteiger partial charge in [0.15, 0.2) is 16.8 Å². The van der Waals surface area contributed by atoms with Crippen LogP contribution in [0.1, 0.15) is 41.0 Å². The smallest absolute Gasteiger partial charge is 0.376 e. The minimum Gasteiger partial charge on any atom is -0.376 e. The lowest BCUT2D eigenvalue weighted by Crippen LogP contribution is -2.43. The van der Waals surface area contributed by atoms with Gasteiger partial charge in [0.05, 0.1) is 23.0 Å². The van der Waals surface area contributed by atoms with Crippen molar-refractivity contribution in [1.29, 1.82) is 5.41 Å². The summed E-state index contributed by atoms with van der Waals surface area (Å²) in [5.41, 5.74) is 6.26. The van der Waals surface area contributed by atoms with Gasteiger partial charge in [-0.25, -0.2) is 4.98 Å². The summed E-state index contributed by atoms with van der Waals surface area (Å²) in [7, 11) is 4.73. The molecule has 176 valence electrons. The minimum absolute atomic E-state index is 0.145. The van der Waals surface area contributed by atoms with Crippen molar-refractivity contribution in [3.05, 3.63) is 46.9 Å². The predicted octanol–water partition coefficient (Wildman–Crippen LogP) is 3.04. The number of aromatic nitrogens is 2. The first-order chi connectivity index (χ1) is 15.1. The van der Waals surface area contributed by atoms with Gasteiger partial charge in [-0.2, -0.15) is 13.2 Å². The first kappa shape index (κ1) is 24.4. The second-order valence-electron chi connectivity index (χ2n) is 8.56. The summed E-state index contributed by atoms with van der Waals surface area (Å²) in [4.78, 5) is 25.0. The van der Waals surface area contributed by atoms with Crippen LogP contribution in [0, 0.1) is 5.41 Å². The normalized spacial score (nSPS) is 14.6. The van der Waals surface area contributed by atoms with E-state index in [1.165, 1.54) is 14.1 Å². The van der Waals surface area contributed by atoms with E-state index in [-0.39, 0.29) is 28.0 Å². The summed E-state index contributed by atoms with van der Waals surface area (Å²) in [6.45, 7) is 4.15. The number of rotatable bonds is 3. The van der Waals surface area contributed by atoms with Gasteiger partial charge in [-0.05, 0) is 50.2 Å². The number of anilines is 2. The van der Waals surface area contributed by atoms with Crippen LogP contribution in [-0.4, -0.2) is 58.4 Å². The molecule has 3 rings (SSSR count). The van der Waals surface area contributed by atoms with Crippen molar-refractivity contribution in [2.75, 3.05) is 30.9 Å². The summed E-state index contributed by atoms with van der Waals surface area (Å²) < 4.78 is 39.9. The van der Waals surface area contributed by atoms with E-state index in [2.05, 4.69) is 28.7 Å². The Morgan fingerprint density at radius 1 is 1.24 bits per heavy atom. The number of amidine groups is 1. The average molecular weight is 480 g/mol. The molecule has 8 nitrogen and oxygen atoms in total. The van der Waals surface area contributed by atoms with Crippen molar-refractivity contribution in [2.24, 2.45) is 5.73 Å². The first-order valence-electron chi connectivity index (χ1n) is 9.85. The molecule has 0 saturated carbocycles. The Morgan fingerprint density at radius 2 is 1.88 bits per heavy atom. The van der Waals surface area contributed by atoms with Gasteiger partial charge >= 0.3 is 6.18 Å². The lowest BCUT2D eigenvalue weighted by Gasteiger charge is -2.29. The highest BCUT2D eigenvalue weighted by molar-refractivity contribution is 7.80. The van der Waals surface area contributed by atoms with Crippen LogP contribution in [0.15, 0.2) is 24.5 Å². The molecule has 0 bridgehead atoms. The number of likely N-dealkylation sites (N-methyl/N-ethyl adjacent to an activating group) is 1. The third-order valence-corrected chi connectivity index (χ3v) is 5.77. The number of nitrogens with zero attached hydrogens (tertiary/aromatic N) is 5. The van der Waals surface area contributed by atoms with E-state index < -0.39 is 23.2 Å². The van der Waals surface area contributed by atoms with E-state index in [4.69, 9.17) is 23.4 Å². The third-order valence-electron chi connectivity index (χ3n) is 5.59. The minimum atomic E-state index is -4.71. The van der Waals surface area contributed by atoms with Crippen LogP contribution in [0.2, 0.25) is 0 Å². The van der Waals surface area contributed by atoms with Gasteiger partial charge in [0, 0.05) is 32.9 Å². The zero-order valence-electron chi connectivity index (χ0n) is 18.8. The number of amides is 1. The number of fused-ring (bicyclic) bond motifs is 1. The molecule has 2 aromatic rings. The van der Waals surface area contributed by atoms with Crippen molar-refractivity contribution in [3.8, 4) is 0 Å². The zero-order valence-corrected chi connectivity index (χ0v) is 19.6. The molecule has 33 heavy (non-hydrogen) atoms. The number of nitrogens with one attached hydrogen (secondary N) is 1. The number of nitrogens with two attached hydrogens (primary N) is 1. The van der Waals surface area contributed by atoms with E-state index in [0.717, 1.165) is 21.1 Å². The van der Waals surface area contributed by atoms with Crippen molar-refractivity contribution in [1.82, 2.24) is 14.9 Å². The predicted molar refractivity (Wildman–Crippen MR) is 124 cm³/mol. The standard InChI is InChI=1S/C21H24F3N7OS/c1-20(2)8-11-6-14(27-10-15(11)30(20)5)16(25)31(19(26)33)17-13(18(32)29(3)4)7-12(9-28-17)21(22,23)24/h6-7,9-10,25H,8H2,1-5H3,(H2,26,33). The van der Waals surface area contributed by atoms with E-state index >= 15 is 0 Å². The van der Waals surface area contributed by atoms with Crippen molar-refractivity contribution in [3.63, 3.8) is 0 Å². The molecule has 0 radical (unpaired) electrons. The summed E-state index contributed by atoms with van der Waals surface area (Å²) in [5, 5.41) is 8.32. The summed E-state index contributed by atoms with van der Waals surface area (Å²) in [6.07, 6.45) is -1.81. The molecule has 2 aromatic heterocycles. The second kappa shape index (κ2) is 8.25. The number of carbonyl (C=O) groups excluding carboxylic acids is 1. The second-order valence-corrected chi connectivity index (χ2v) is 8.98. The number of alkyl halides is 3. The Morgan fingerprint density at radius 3 is 2.42 bits per heavy atom. The monoisotopic (exact) mass is 479 g/mol. The van der Waals surface area contributed by atoms with Crippen LogP contribution in [-0.2, 0) is 12.6 Å². The highest BCUT2D eigenvalue weighted by Gasteiger charge is 2.36. The van der Waals surface area contributed by atoms with Crippen LogP contribution in [0.4, 0.5) is 24.7 Å². The molecule has 1 aliphatic rings. The molecular weight excluding hydrogens is 455 g/mol. The molecule has 3 heterocycles. The van der Waals surface area contributed by atoms with Crippen LogP contribution >= 0.6 is 12.2 Å². The van der Waals surface area contributed by atoms with Crippen LogP contribution < -0.4 is 15.5 Å². The van der Waals surface area contributed by atoms with Gasteiger partial charge in [0.25, 0.3) is 5.91 Å². The summed E-state index contributed by atoms with van der Waals surface area (Å²) in [5.74, 6) is -1.33. The molecule has 1 amide bonds. The van der Waals surface area contributed by atoms with E-state index in [1.807, 2.05) is 7.05 Å². The molecule has 3 N–H and O–H groups in total. The molecular formula is C21H24F3N7OS. The maximum absolute atomic E-state index is 13.3. The number of hydrogen-bond acceptors (Lipinski definition) is 6. The number of halogens is 3. The highest BCUT2D eigenvalue weighted by atomic mass is 32.1. The number of thiocarbonyl (C=S) groups is 1. The van der Waals surface area contributed by atoms with Crippen molar-refractivity contribution >= 4 is 40.6 Å². The lowest BCUT2D eigenvalue weighted by atomic mass is 9.99. The van der Waals surface area contributed by atoms with Crippen LogP contribution in [0.5, 0.6) is 0 Å². The fraction of sp³-hybridized carbons (Fsp3) is 0.381. The fourth-order valence-electron chi connectivity index (χ4n) is 3.60. The maximum atomic E-state index is 13.3. The molecule has 0 fully saturated rings. The van der Waals surface area contributed by atoms with Gasteiger partial charge < -0.3 is 15.5 Å². The van der Waals surface area contributed by atoms with Gasteiger partial charge in [0.1, 0.15) is 5.69 Å². The summed E-state index contributed by atoms with van der Waals surface area (Å²) in [6, 6.07) is 2.39. The quantitative estimate of drug-likeness (QED) is 0.396. The molecule has 0 saturated heterocycles. The van der Waals surface area contributed by atoms with Crippen LogP contribution in [0.3, 0.4) is 0 Å². The third kappa shape index (κ3) is 4.47. The average Bonchev–Trinajstić information content (AvgIpc) is 2.94. The lowest BCUT2D eigenvalue weighted by molar-refractivity contribution is -0.137. The zero-order chi connectivity index (χ0) is 24.9. The molecule has 0 aliphatic carbocycles.